The number of rotatable bonds is 5. The average molecular weight is 404 g/mol. The second-order valence-electron chi connectivity index (χ2n) is 7.27. The lowest BCUT2D eigenvalue weighted by Crippen LogP contribution is -2.48. The van der Waals surface area contributed by atoms with Crippen molar-refractivity contribution in [3.8, 4) is 5.75 Å². The number of ether oxygens (including phenoxy) is 1. The normalized spacial score (nSPS) is 17.2. The molecule has 5 nitrogen and oxygen atoms in total. The summed E-state index contributed by atoms with van der Waals surface area (Å²) in [6.45, 7) is 5.54. The van der Waals surface area contributed by atoms with Gasteiger partial charge in [-0.25, -0.2) is 4.39 Å². The first-order chi connectivity index (χ1) is 13.6. The van der Waals surface area contributed by atoms with Crippen LogP contribution in [0.2, 0.25) is 5.02 Å². The van der Waals surface area contributed by atoms with Gasteiger partial charge in [0.2, 0.25) is 5.91 Å². The lowest BCUT2D eigenvalue weighted by atomic mass is 10.1. The summed E-state index contributed by atoms with van der Waals surface area (Å²) >= 11 is 5.75. The van der Waals surface area contributed by atoms with Gasteiger partial charge in [0.05, 0.1) is 18.2 Å². The maximum atomic E-state index is 13.2. The quantitative estimate of drug-likeness (QED) is 0.832. The molecule has 0 saturated carbocycles. The van der Waals surface area contributed by atoms with Crippen molar-refractivity contribution >= 4 is 23.2 Å². The molecule has 4 rings (SSSR count). The van der Waals surface area contributed by atoms with Crippen molar-refractivity contribution < 1.29 is 13.9 Å². The molecule has 0 unspecified atom stereocenters. The highest BCUT2D eigenvalue weighted by Gasteiger charge is 2.20. The third-order valence-corrected chi connectivity index (χ3v) is 5.49. The number of benzene rings is 2. The van der Waals surface area contributed by atoms with E-state index in [4.69, 9.17) is 16.3 Å². The Labute approximate surface area is 169 Å². The molecular weight excluding hydrogens is 381 g/mol. The van der Waals surface area contributed by atoms with Crippen molar-refractivity contribution in [1.29, 1.82) is 0 Å². The predicted octanol–water partition coefficient (Wildman–Crippen LogP) is 3.17. The van der Waals surface area contributed by atoms with Gasteiger partial charge >= 0.3 is 0 Å². The maximum absolute atomic E-state index is 13.2. The number of nitrogens with one attached hydrogen (secondary N) is 1. The molecule has 0 atom stereocenters. The van der Waals surface area contributed by atoms with E-state index in [0.717, 1.165) is 51.5 Å². The van der Waals surface area contributed by atoms with Gasteiger partial charge in [0, 0.05) is 44.8 Å². The van der Waals surface area contributed by atoms with Gasteiger partial charge in [-0.1, -0.05) is 23.7 Å². The highest BCUT2D eigenvalue weighted by atomic mass is 35.5. The van der Waals surface area contributed by atoms with E-state index in [0.29, 0.717) is 12.2 Å². The second-order valence-corrected chi connectivity index (χ2v) is 7.68. The first kappa shape index (κ1) is 19.2. The summed E-state index contributed by atoms with van der Waals surface area (Å²) in [5.41, 5.74) is 3.12. The van der Waals surface area contributed by atoms with Crippen LogP contribution in [-0.2, 0) is 17.8 Å². The van der Waals surface area contributed by atoms with E-state index in [1.807, 2.05) is 0 Å². The Hall–Kier alpha value is -2.15. The number of carbonyl (C=O) groups is 1. The number of nitrogens with zero attached hydrogens (tertiary/aromatic N) is 2. The van der Waals surface area contributed by atoms with Gasteiger partial charge in [-0.05, 0) is 35.4 Å². The fourth-order valence-electron chi connectivity index (χ4n) is 3.68. The Morgan fingerprint density at radius 3 is 2.68 bits per heavy atom. The largest absolute Gasteiger partial charge is 0.493 e. The fourth-order valence-corrected chi connectivity index (χ4v) is 3.86. The topological polar surface area (TPSA) is 44.8 Å². The molecular formula is C21H23ClFN3O2. The number of hydrogen-bond acceptors (Lipinski definition) is 4. The Morgan fingerprint density at radius 2 is 1.89 bits per heavy atom. The van der Waals surface area contributed by atoms with Gasteiger partial charge < -0.3 is 10.1 Å². The first-order valence-corrected chi connectivity index (χ1v) is 9.89. The van der Waals surface area contributed by atoms with E-state index in [2.05, 4.69) is 33.3 Å². The minimum Gasteiger partial charge on any atom is -0.493 e. The van der Waals surface area contributed by atoms with Gasteiger partial charge in [0.15, 0.2) is 0 Å². The second kappa shape index (κ2) is 8.47. The number of anilines is 1. The summed E-state index contributed by atoms with van der Waals surface area (Å²) < 4.78 is 18.8. The van der Waals surface area contributed by atoms with Gasteiger partial charge in [-0.2, -0.15) is 0 Å². The summed E-state index contributed by atoms with van der Waals surface area (Å²) in [5, 5.41) is 2.78. The molecule has 0 bridgehead atoms. The van der Waals surface area contributed by atoms with Crippen LogP contribution in [0.1, 0.15) is 11.1 Å². The van der Waals surface area contributed by atoms with Crippen LogP contribution in [0, 0.1) is 5.82 Å². The predicted molar refractivity (Wildman–Crippen MR) is 107 cm³/mol. The highest BCUT2D eigenvalue weighted by Crippen LogP contribution is 2.26. The Kier molecular flexibility index (Phi) is 5.80. The molecule has 1 fully saturated rings. The molecule has 1 saturated heterocycles. The van der Waals surface area contributed by atoms with E-state index in [-0.39, 0.29) is 10.9 Å². The average Bonchev–Trinajstić information content (AvgIpc) is 3.14. The number of piperazine rings is 1. The van der Waals surface area contributed by atoms with Crippen LogP contribution >= 0.6 is 11.6 Å². The maximum Gasteiger partial charge on any atom is 0.238 e. The molecule has 0 radical (unpaired) electrons. The Balaban J connectivity index is 1.23. The Morgan fingerprint density at radius 1 is 1.11 bits per heavy atom. The molecule has 0 spiro atoms. The standard InChI is InChI=1S/C21H23ClFN3O2/c22-18-12-17(2-3-19(18)23)24-21(27)14-26-8-6-25(7-9-26)13-15-1-4-20-16(11-15)5-10-28-20/h1-4,11-12H,5-10,13-14H2,(H,24,27). The first-order valence-electron chi connectivity index (χ1n) is 9.51. The zero-order valence-corrected chi connectivity index (χ0v) is 16.3. The van der Waals surface area contributed by atoms with E-state index in [1.165, 1.54) is 29.3 Å². The third-order valence-electron chi connectivity index (χ3n) is 5.20. The number of carbonyl (C=O) groups excluding carboxylic acids is 1. The van der Waals surface area contributed by atoms with E-state index in [9.17, 15) is 9.18 Å². The Bertz CT molecular complexity index is 869. The van der Waals surface area contributed by atoms with Crippen LogP contribution < -0.4 is 10.1 Å². The summed E-state index contributed by atoms with van der Waals surface area (Å²) in [6, 6.07) is 10.6. The van der Waals surface area contributed by atoms with Crippen LogP contribution in [0.25, 0.3) is 0 Å². The lowest BCUT2D eigenvalue weighted by Gasteiger charge is -2.34. The molecule has 0 aliphatic carbocycles. The number of halogens is 2. The summed E-state index contributed by atoms with van der Waals surface area (Å²) in [4.78, 5) is 16.8. The molecule has 2 aromatic rings. The zero-order chi connectivity index (χ0) is 19.5. The molecule has 2 aliphatic heterocycles. The van der Waals surface area contributed by atoms with Crippen LogP contribution in [0.3, 0.4) is 0 Å². The van der Waals surface area contributed by atoms with Gasteiger partial charge in [-0.15, -0.1) is 0 Å². The van der Waals surface area contributed by atoms with E-state index in [1.54, 1.807) is 0 Å². The number of hydrogen-bond donors (Lipinski definition) is 1. The van der Waals surface area contributed by atoms with Gasteiger partial charge in [-0.3, -0.25) is 14.6 Å². The van der Waals surface area contributed by atoms with Crippen LogP contribution in [0.4, 0.5) is 10.1 Å². The van der Waals surface area contributed by atoms with Crippen molar-refractivity contribution in [2.75, 3.05) is 44.6 Å². The van der Waals surface area contributed by atoms with E-state index < -0.39 is 5.82 Å². The summed E-state index contributed by atoms with van der Waals surface area (Å²) in [7, 11) is 0. The SMILES string of the molecule is O=C(CN1CCN(Cc2ccc3c(c2)CCO3)CC1)Nc1ccc(F)c(Cl)c1. The van der Waals surface area contributed by atoms with Crippen LogP contribution in [-0.4, -0.2) is 55.0 Å². The van der Waals surface area contributed by atoms with Crippen LogP contribution in [0.15, 0.2) is 36.4 Å². The molecule has 2 aliphatic rings. The smallest absolute Gasteiger partial charge is 0.238 e. The van der Waals surface area contributed by atoms with Crippen LogP contribution in [0.5, 0.6) is 5.75 Å². The van der Waals surface area contributed by atoms with Crippen molar-refractivity contribution in [3.63, 3.8) is 0 Å². The zero-order valence-electron chi connectivity index (χ0n) is 15.6. The molecule has 1 amide bonds. The monoisotopic (exact) mass is 403 g/mol. The van der Waals surface area contributed by atoms with Gasteiger partial charge in [0.1, 0.15) is 11.6 Å². The number of fused-ring (bicyclic) bond motifs is 1. The molecule has 28 heavy (non-hydrogen) atoms. The highest BCUT2D eigenvalue weighted by molar-refractivity contribution is 6.31. The minimum absolute atomic E-state index is 0.00420. The van der Waals surface area contributed by atoms with Crippen molar-refractivity contribution in [3.05, 3.63) is 58.4 Å². The summed E-state index contributed by atoms with van der Waals surface area (Å²) in [6.07, 6.45) is 0.991. The molecule has 148 valence electrons. The van der Waals surface area contributed by atoms with Crippen molar-refractivity contribution in [2.45, 2.75) is 13.0 Å². The van der Waals surface area contributed by atoms with Gasteiger partial charge in [0.25, 0.3) is 0 Å². The molecule has 7 heteroatoms. The summed E-state index contributed by atoms with van der Waals surface area (Å²) in [5.74, 6) is 0.406. The van der Waals surface area contributed by atoms with E-state index >= 15 is 0 Å². The van der Waals surface area contributed by atoms with Crippen molar-refractivity contribution in [1.82, 2.24) is 9.80 Å². The molecule has 0 aromatic heterocycles. The lowest BCUT2D eigenvalue weighted by molar-refractivity contribution is -0.117. The fraction of sp³-hybridized carbons (Fsp3) is 0.381. The van der Waals surface area contributed by atoms with Crippen molar-refractivity contribution in [2.24, 2.45) is 0 Å². The molecule has 2 aromatic carbocycles. The third kappa shape index (κ3) is 4.63. The molecule has 2 heterocycles. The minimum atomic E-state index is -0.494. The molecule has 1 N–H and O–H groups in total. The number of amides is 1.